The first-order valence-electron chi connectivity index (χ1n) is 6.02. The van der Waals surface area contributed by atoms with Crippen molar-refractivity contribution in [3.05, 3.63) is 29.3 Å². The van der Waals surface area contributed by atoms with E-state index in [1.165, 1.54) is 17.5 Å². The smallest absolute Gasteiger partial charge is 0.0622 e. The summed E-state index contributed by atoms with van der Waals surface area (Å²) in [6.07, 6.45) is 2.32. The van der Waals surface area contributed by atoms with Crippen LogP contribution in [0.25, 0.3) is 0 Å². The van der Waals surface area contributed by atoms with Crippen molar-refractivity contribution >= 4 is 5.69 Å². The molecule has 1 saturated heterocycles. The summed E-state index contributed by atoms with van der Waals surface area (Å²) in [7, 11) is 0. The number of hydrogen-bond donors (Lipinski definition) is 1. The molecular weight excluding hydrogens is 200 g/mol. The molecule has 2 heterocycles. The molecule has 1 fully saturated rings. The lowest BCUT2D eigenvalue weighted by Crippen LogP contribution is -2.39. The summed E-state index contributed by atoms with van der Waals surface area (Å²) in [4.78, 5) is 2.54. The molecule has 3 rings (SSSR count). The van der Waals surface area contributed by atoms with Crippen LogP contribution in [0.15, 0.2) is 18.2 Å². The third kappa shape index (κ3) is 1.81. The Morgan fingerprint density at radius 3 is 3.06 bits per heavy atom. The fourth-order valence-corrected chi connectivity index (χ4v) is 2.72. The fourth-order valence-electron chi connectivity index (χ4n) is 2.72. The first-order valence-corrected chi connectivity index (χ1v) is 6.02. The van der Waals surface area contributed by atoms with Gasteiger partial charge >= 0.3 is 0 Å². The average molecular weight is 218 g/mol. The highest BCUT2D eigenvalue weighted by atomic mass is 16.5. The molecule has 3 nitrogen and oxygen atoms in total. The summed E-state index contributed by atoms with van der Waals surface area (Å²) >= 11 is 0. The normalized spacial score (nSPS) is 25.6. The summed E-state index contributed by atoms with van der Waals surface area (Å²) in [5.41, 5.74) is 9.58. The van der Waals surface area contributed by atoms with Gasteiger partial charge in [0.1, 0.15) is 0 Å². The number of nitrogens with two attached hydrogens (primary N) is 1. The monoisotopic (exact) mass is 218 g/mol. The molecule has 1 aromatic carbocycles. The SMILES string of the molecule is Nc1ccc2c(c1)CN(C1CCOC1)CC2. The summed E-state index contributed by atoms with van der Waals surface area (Å²) < 4.78 is 5.46. The lowest BCUT2D eigenvalue weighted by molar-refractivity contribution is 0.135. The Balaban J connectivity index is 1.79. The Labute approximate surface area is 96.2 Å². The van der Waals surface area contributed by atoms with Gasteiger partial charge in [0, 0.05) is 31.4 Å². The molecule has 2 N–H and O–H groups in total. The summed E-state index contributed by atoms with van der Waals surface area (Å²) in [6, 6.07) is 6.92. The number of benzene rings is 1. The van der Waals surface area contributed by atoms with Gasteiger partial charge in [-0.3, -0.25) is 4.90 Å². The van der Waals surface area contributed by atoms with Crippen LogP contribution in [0.4, 0.5) is 5.69 Å². The van der Waals surface area contributed by atoms with Gasteiger partial charge in [-0.1, -0.05) is 6.07 Å². The average Bonchev–Trinajstić information content (AvgIpc) is 2.81. The molecular formula is C13H18N2O. The second kappa shape index (κ2) is 4.07. The van der Waals surface area contributed by atoms with E-state index in [0.29, 0.717) is 6.04 Å². The molecule has 1 aromatic rings. The first-order chi connectivity index (χ1) is 7.83. The van der Waals surface area contributed by atoms with Gasteiger partial charge in [0.05, 0.1) is 6.61 Å². The van der Waals surface area contributed by atoms with Crippen LogP contribution in [-0.2, 0) is 17.7 Å². The Kier molecular flexibility index (Phi) is 2.58. The molecule has 0 spiro atoms. The molecule has 0 amide bonds. The molecule has 0 bridgehead atoms. The van der Waals surface area contributed by atoms with Crippen LogP contribution in [-0.4, -0.2) is 30.7 Å². The van der Waals surface area contributed by atoms with Crippen molar-refractivity contribution in [1.82, 2.24) is 4.90 Å². The topological polar surface area (TPSA) is 38.5 Å². The van der Waals surface area contributed by atoms with Crippen molar-refractivity contribution in [3.8, 4) is 0 Å². The van der Waals surface area contributed by atoms with E-state index < -0.39 is 0 Å². The largest absolute Gasteiger partial charge is 0.399 e. The van der Waals surface area contributed by atoms with E-state index in [4.69, 9.17) is 10.5 Å². The maximum absolute atomic E-state index is 5.84. The second-order valence-electron chi connectivity index (χ2n) is 4.77. The minimum atomic E-state index is 0.620. The van der Waals surface area contributed by atoms with E-state index in [-0.39, 0.29) is 0 Å². The third-order valence-electron chi connectivity index (χ3n) is 3.69. The molecule has 2 aliphatic rings. The van der Waals surface area contributed by atoms with Crippen LogP contribution in [0.2, 0.25) is 0 Å². The fraction of sp³-hybridized carbons (Fsp3) is 0.538. The number of rotatable bonds is 1. The van der Waals surface area contributed by atoms with E-state index >= 15 is 0 Å². The minimum absolute atomic E-state index is 0.620. The Hall–Kier alpha value is -1.06. The highest BCUT2D eigenvalue weighted by Gasteiger charge is 2.26. The van der Waals surface area contributed by atoms with Crippen molar-refractivity contribution in [2.24, 2.45) is 0 Å². The van der Waals surface area contributed by atoms with Gasteiger partial charge < -0.3 is 10.5 Å². The number of ether oxygens (including phenoxy) is 1. The highest BCUT2D eigenvalue weighted by Crippen LogP contribution is 2.24. The van der Waals surface area contributed by atoms with E-state index in [1.54, 1.807) is 0 Å². The number of fused-ring (bicyclic) bond motifs is 1. The van der Waals surface area contributed by atoms with Crippen LogP contribution in [0, 0.1) is 0 Å². The van der Waals surface area contributed by atoms with Gasteiger partial charge in [-0.25, -0.2) is 0 Å². The molecule has 1 unspecified atom stereocenters. The van der Waals surface area contributed by atoms with E-state index in [2.05, 4.69) is 17.0 Å². The van der Waals surface area contributed by atoms with Crippen molar-refractivity contribution in [3.63, 3.8) is 0 Å². The van der Waals surface area contributed by atoms with Gasteiger partial charge in [0.25, 0.3) is 0 Å². The molecule has 3 heteroatoms. The predicted octanol–water partition coefficient (Wildman–Crippen LogP) is 1.42. The number of nitrogens with zero attached hydrogens (tertiary/aromatic N) is 1. The summed E-state index contributed by atoms with van der Waals surface area (Å²) in [5.74, 6) is 0. The quantitative estimate of drug-likeness (QED) is 0.724. The molecule has 16 heavy (non-hydrogen) atoms. The molecule has 2 aliphatic heterocycles. The van der Waals surface area contributed by atoms with Crippen molar-refractivity contribution < 1.29 is 4.74 Å². The van der Waals surface area contributed by atoms with Crippen LogP contribution >= 0.6 is 0 Å². The summed E-state index contributed by atoms with van der Waals surface area (Å²) in [5, 5.41) is 0. The van der Waals surface area contributed by atoms with E-state index in [0.717, 1.165) is 38.4 Å². The van der Waals surface area contributed by atoms with Gasteiger partial charge in [0.2, 0.25) is 0 Å². The Morgan fingerprint density at radius 1 is 1.31 bits per heavy atom. The molecule has 86 valence electrons. The van der Waals surface area contributed by atoms with Crippen LogP contribution in [0.3, 0.4) is 0 Å². The standard InChI is InChI=1S/C13H18N2O/c14-12-2-1-10-3-5-15(8-11(10)7-12)13-4-6-16-9-13/h1-2,7,13H,3-6,8-9,14H2. The lowest BCUT2D eigenvalue weighted by atomic mass is 9.98. The second-order valence-corrected chi connectivity index (χ2v) is 4.77. The summed E-state index contributed by atoms with van der Waals surface area (Å²) in [6.45, 7) is 4.02. The van der Waals surface area contributed by atoms with Crippen LogP contribution < -0.4 is 5.73 Å². The van der Waals surface area contributed by atoms with Gasteiger partial charge in [-0.2, -0.15) is 0 Å². The van der Waals surface area contributed by atoms with Crippen molar-refractivity contribution in [2.75, 3.05) is 25.5 Å². The molecule has 0 radical (unpaired) electrons. The number of hydrogen-bond acceptors (Lipinski definition) is 3. The zero-order valence-electron chi connectivity index (χ0n) is 9.48. The zero-order valence-corrected chi connectivity index (χ0v) is 9.48. The number of anilines is 1. The predicted molar refractivity (Wildman–Crippen MR) is 64.2 cm³/mol. The minimum Gasteiger partial charge on any atom is -0.399 e. The van der Waals surface area contributed by atoms with Crippen molar-refractivity contribution in [2.45, 2.75) is 25.4 Å². The number of nitrogen functional groups attached to an aromatic ring is 1. The van der Waals surface area contributed by atoms with Gasteiger partial charge in [-0.05, 0) is 36.1 Å². The molecule has 0 aromatic heterocycles. The highest BCUT2D eigenvalue weighted by molar-refractivity contribution is 5.45. The van der Waals surface area contributed by atoms with Crippen LogP contribution in [0.5, 0.6) is 0 Å². The molecule has 0 aliphatic carbocycles. The molecule has 1 atom stereocenters. The zero-order chi connectivity index (χ0) is 11.0. The molecule has 0 saturated carbocycles. The Morgan fingerprint density at radius 2 is 2.25 bits per heavy atom. The van der Waals surface area contributed by atoms with E-state index in [1.807, 2.05) is 6.07 Å². The third-order valence-corrected chi connectivity index (χ3v) is 3.69. The Bertz CT molecular complexity index is 386. The van der Waals surface area contributed by atoms with Gasteiger partial charge in [0.15, 0.2) is 0 Å². The maximum atomic E-state index is 5.84. The first kappa shape index (κ1) is 10.1. The lowest BCUT2D eigenvalue weighted by Gasteiger charge is -2.32. The van der Waals surface area contributed by atoms with Gasteiger partial charge in [-0.15, -0.1) is 0 Å². The van der Waals surface area contributed by atoms with Crippen molar-refractivity contribution in [1.29, 1.82) is 0 Å². The van der Waals surface area contributed by atoms with Crippen LogP contribution in [0.1, 0.15) is 17.5 Å². The van der Waals surface area contributed by atoms with E-state index in [9.17, 15) is 0 Å². The maximum Gasteiger partial charge on any atom is 0.0622 e.